The first-order valence-electron chi connectivity index (χ1n) is 7.21. The van der Waals surface area contributed by atoms with Crippen LogP contribution in [0.4, 0.5) is 0 Å². The van der Waals surface area contributed by atoms with Gasteiger partial charge in [-0.25, -0.2) is 0 Å². The summed E-state index contributed by atoms with van der Waals surface area (Å²) in [7, 11) is 4.48. The Morgan fingerprint density at radius 1 is 1.18 bits per heavy atom. The van der Waals surface area contributed by atoms with E-state index in [4.69, 9.17) is 4.74 Å². The fourth-order valence-corrected chi connectivity index (χ4v) is 3.23. The number of nitrogens with one attached hydrogen (secondary N) is 1. The minimum Gasteiger partial charge on any atom is -0.380 e. The smallest absolute Gasteiger partial charge is 0.0619 e. The highest BCUT2D eigenvalue weighted by atomic mass is 16.5. The van der Waals surface area contributed by atoms with Crippen LogP contribution in [0, 0.1) is 0 Å². The second-order valence-corrected chi connectivity index (χ2v) is 5.97. The first-order valence-corrected chi connectivity index (χ1v) is 7.21. The molecule has 2 rings (SSSR count). The van der Waals surface area contributed by atoms with Gasteiger partial charge < -0.3 is 15.0 Å². The molecule has 0 aromatic carbocycles. The molecule has 0 aromatic heterocycles. The lowest BCUT2D eigenvalue weighted by molar-refractivity contribution is 0.0520. The van der Waals surface area contributed by atoms with Gasteiger partial charge in [0.2, 0.25) is 0 Å². The van der Waals surface area contributed by atoms with Gasteiger partial charge in [0.25, 0.3) is 0 Å². The van der Waals surface area contributed by atoms with Crippen molar-refractivity contribution >= 4 is 0 Å². The van der Waals surface area contributed by atoms with Crippen molar-refractivity contribution in [3.05, 3.63) is 0 Å². The van der Waals surface area contributed by atoms with E-state index in [9.17, 15) is 0 Å². The molecule has 2 aliphatic rings. The number of hydrogen-bond acceptors (Lipinski definition) is 3. The number of hydrogen-bond donors (Lipinski definition) is 1. The van der Waals surface area contributed by atoms with Crippen molar-refractivity contribution in [2.45, 2.75) is 56.5 Å². The normalized spacial score (nSPS) is 29.5. The molecule has 1 aliphatic carbocycles. The number of rotatable bonds is 4. The van der Waals surface area contributed by atoms with E-state index in [2.05, 4.69) is 24.3 Å². The zero-order chi connectivity index (χ0) is 12.1. The molecule has 1 aliphatic heterocycles. The summed E-state index contributed by atoms with van der Waals surface area (Å²) in [6, 6.07) is 0.586. The third kappa shape index (κ3) is 3.43. The Labute approximate surface area is 106 Å². The van der Waals surface area contributed by atoms with Crippen LogP contribution in [-0.4, -0.2) is 50.3 Å². The molecule has 1 unspecified atom stereocenters. The molecular weight excluding hydrogens is 212 g/mol. The van der Waals surface area contributed by atoms with E-state index in [0.717, 1.165) is 19.8 Å². The van der Waals surface area contributed by atoms with Crippen LogP contribution >= 0.6 is 0 Å². The van der Waals surface area contributed by atoms with Gasteiger partial charge >= 0.3 is 0 Å². The Morgan fingerprint density at radius 2 is 1.94 bits per heavy atom. The van der Waals surface area contributed by atoms with E-state index >= 15 is 0 Å². The largest absolute Gasteiger partial charge is 0.380 e. The van der Waals surface area contributed by atoms with Gasteiger partial charge in [-0.15, -0.1) is 0 Å². The Bertz CT molecular complexity index is 218. The van der Waals surface area contributed by atoms with E-state index in [1.54, 1.807) is 0 Å². The van der Waals surface area contributed by atoms with Crippen LogP contribution < -0.4 is 5.32 Å². The van der Waals surface area contributed by atoms with Crippen LogP contribution in [0.2, 0.25) is 0 Å². The maximum atomic E-state index is 5.54. The average molecular weight is 240 g/mol. The van der Waals surface area contributed by atoms with Crippen molar-refractivity contribution in [3.63, 3.8) is 0 Å². The van der Waals surface area contributed by atoms with Crippen LogP contribution in [0.15, 0.2) is 0 Å². The standard InChI is InChI=1S/C14H28N2O/c1-16(2)14(8-4-3-5-9-14)12-15-13-7-6-10-17-11-13/h13,15H,3-12H2,1-2H3. The van der Waals surface area contributed by atoms with Crippen LogP contribution in [0.1, 0.15) is 44.9 Å². The van der Waals surface area contributed by atoms with Crippen molar-refractivity contribution < 1.29 is 4.74 Å². The maximum Gasteiger partial charge on any atom is 0.0619 e. The van der Waals surface area contributed by atoms with Gasteiger partial charge in [-0.1, -0.05) is 19.3 Å². The van der Waals surface area contributed by atoms with Crippen molar-refractivity contribution in [2.24, 2.45) is 0 Å². The van der Waals surface area contributed by atoms with E-state index < -0.39 is 0 Å². The summed E-state index contributed by atoms with van der Waals surface area (Å²) in [5.41, 5.74) is 0.399. The minimum absolute atomic E-state index is 0.399. The van der Waals surface area contributed by atoms with Gasteiger partial charge in [0.15, 0.2) is 0 Å². The zero-order valence-electron chi connectivity index (χ0n) is 11.5. The molecule has 1 atom stereocenters. The van der Waals surface area contributed by atoms with Crippen molar-refractivity contribution in [1.82, 2.24) is 10.2 Å². The molecule has 1 N–H and O–H groups in total. The fraction of sp³-hybridized carbons (Fsp3) is 1.00. The number of ether oxygens (including phenoxy) is 1. The van der Waals surface area contributed by atoms with Gasteiger partial charge in [-0.3, -0.25) is 0 Å². The molecular formula is C14H28N2O. The molecule has 3 heteroatoms. The monoisotopic (exact) mass is 240 g/mol. The lowest BCUT2D eigenvalue weighted by atomic mass is 9.80. The molecule has 0 amide bonds. The summed E-state index contributed by atoms with van der Waals surface area (Å²) in [6.07, 6.45) is 9.39. The quantitative estimate of drug-likeness (QED) is 0.813. The maximum absolute atomic E-state index is 5.54. The second kappa shape index (κ2) is 6.17. The summed E-state index contributed by atoms with van der Waals surface area (Å²) >= 11 is 0. The fourth-order valence-electron chi connectivity index (χ4n) is 3.23. The zero-order valence-corrected chi connectivity index (χ0v) is 11.5. The highest BCUT2D eigenvalue weighted by molar-refractivity contribution is 4.93. The molecule has 17 heavy (non-hydrogen) atoms. The van der Waals surface area contributed by atoms with Crippen molar-refractivity contribution in [2.75, 3.05) is 33.9 Å². The van der Waals surface area contributed by atoms with Gasteiger partial charge in [0.1, 0.15) is 0 Å². The molecule has 1 saturated heterocycles. The van der Waals surface area contributed by atoms with Gasteiger partial charge in [0, 0.05) is 24.7 Å². The summed E-state index contributed by atoms with van der Waals surface area (Å²) in [5.74, 6) is 0. The molecule has 3 nitrogen and oxygen atoms in total. The van der Waals surface area contributed by atoms with Crippen molar-refractivity contribution in [3.8, 4) is 0 Å². The molecule has 1 heterocycles. The Hall–Kier alpha value is -0.120. The number of likely N-dealkylation sites (N-methyl/N-ethyl adjacent to an activating group) is 1. The van der Waals surface area contributed by atoms with E-state index in [0.29, 0.717) is 11.6 Å². The van der Waals surface area contributed by atoms with E-state index in [-0.39, 0.29) is 0 Å². The lowest BCUT2D eigenvalue weighted by Gasteiger charge is -2.44. The van der Waals surface area contributed by atoms with Gasteiger partial charge in [-0.2, -0.15) is 0 Å². The first kappa shape index (κ1) is 13.3. The minimum atomic E-state index is 0.399. The van der Waals surface area contributed by atoms with E-state index in [1.165, 1.54) is 44.9 Å². The predicted molar refractivity (Wildman–Crippen MR) is 71.3 cm³/mol. The highest BCUT2D eigenvalue weighted by Crippen LogP contribution is 2.31. The third-order valence-corrected chi connectivity index (χ3v) is 4.61. The Balaban J connectivity index is 1.84. The Morgan fingerprint density at radius 3 is 2.53 bits per heavy atom. The average Bonchev–Trinajstić information content (AvgIpc) is 2.38. The second-order valence-electron chi connectivity index (χ2n) is 5.97. The van der Waals surface area contributed by atoms with Crippen LogP contribution in [0.5, 0.6) is 0 Å². The first-order chi connectivity index (χ1) is 8.23. The molecule has 0 aromatic rings. The summed E-state index contributed by atoms with van der Waals surface area (Å²) in [5, 5.41) is 3.75. The number of nitrogens with zero attached hydrogens (tertiary/aromatic N) is 1. The van der Waals surface area contributed by atoms with Crippen LogP contribution in [0.25, 0.3) is 0 Å². The summed E-state index contributed by atoms with van der Waals surface area (Å²) in [6.45, 7) is 2.99. The van der Waals surface area contributed by atoms with E-state index in [1.807, 2.05) is 0 Å². The molecule has 0 radical (unpaired) electrons. The molecule has 2 fully saturated rings. The SMILES string of the molecule is CN(C)C1(CNC2CCCOC2)CCCCC1. The van der Waals surface area contributed by atoms with Crippen LogP contribution in [-0.2, 0) is 4.74 Å². The summed E-state index contributed by atoms with van der Waals surface area (Å²) in [4.78, 5) is 2.45. The molecule has 0 spiro atoms. The predicted octanol–water partition coefficient (Wildman–Crippen LogP) is 2.02. The summed E-state index contributed by atoms with van der Waals surface area (Å²) < 4.78 is 5.54. The highest BCUT2D eigenvalue weighted by Gasteiger charge is 2.34. The van der Waals surface area contributed by atoms with Gasteiger partial charge in [0.05, 0.1) is 6.61 Å². The lowest BCUT2D eigenvalue weighted by Crippen LogP contribution is -2.55. The van der Waals surface area contributed by atoms with Crippen molar-refractivity contribution in [1.29, 1.82) is 0 Å². The molecule has 100 valence electrons. The Kier molecular flexibility index (Phi) is 4.83. The van der Waals surface area contributed by atoms with Gasteiger partial charge in [-0.05, 0) is 39.8 Å². The molecule has 0 bridgehead atoms. The van der Waals surface area contributed by atoms with Crippen LogP contribution in [0.3, 0.4) is 0 Å². The third-order valence-electron chi connectivity index (χ3n) is 4.61. The topological polar surface area (TPSA) is 24.5 Å². The molecule has 1 saturated carbocycles.